The van der Waals surface area contributed by atoms with E-state index in [1.165, 1.54) is 9.96 Å². The SMILES string of the molecule is CSc1ccc2c(c1)C=CCN2O. The second-order valence-electron chi connectivity index (χ2n) is 2.91. The van der Waals surface area contributed by atoms with Crippen molar-refractivity contribution in [3.05, 3.63) is 29.8 Å². The standard InChI is InChI=1S/C10H11NOS/c1-13-9-4-5-10-8(7-9)3-2-6-11(10)12/h2-5,7,12H,6H2,1H3. The first-order chi connectivity index (χ1) is 6.31. The van der Waals surface area contributed by atoms with Gasteiger partial charge in [-0.1, -0.05) is 12.2 Å². The number of fused-ring (bicyclic) bond motifs is 1. The number of benzene rings is 1. The third-order valence-electron chi connectivity index (χ3n) is 2.09. The van der Waals surface area contributed by atoms with E-state index in [9.17, 15) is 5.21 Å². The molecule has 3 heteroatoms. The van der Waals surface area contributed by atoms with Crippen LogP contribution in [-0.4, -0.2) is 18.0 Å². The summed E-state index contributed by atoms with van der Waals surface area (Å²) in [5, 5.41) is 10.8. The zero-order valence-electron chi connectivity index (χ0n) is 7.40. The second-order valence-corrected chi connectivity index (χ2v) is 3.79. The first kappa shape index (κ1) is 8.66. The number of rotatable bonds is 1. The molecule has 0 radical (unpaired) electrons. The van der Waals surface area contributed by atoms with E-state index >= 15 is 0 Å². The summed E-state index contributed by atoms with van der Waals surface area (Å²) in [6.07, 6.45) is 6.04. The van der Waals surface area contributed by atoms with E-state index in [4.69, 9.17) is 0 Å². The maximum absolute atomic E-state index is 9.50. The lowest BCUT2D eigenvalue weighted by Crippen LogP contribution is -2.20. The average molecular weight is 193 g/mol. The van der Waals surface area contributed by atoms with Gasteiger partial charge in [0.15, 0.2) is 0 Å². The summed E-state index contributed by atoms with van der Waals surface area (Å²) in [5.74, 6) is 0. The lowest BCUT2D eigenvalue weighted by Gasteiger charge is -2.21. The van der Waals surface area contributed by atoms with Gasteiger partial charge in [0.2, 0.25) is 0 Å². The summed E-state index contributed by atoms with van der Waals surface area (Å²) in [6, 6.07) is 6.05. The fourth-order valence-corrected chi connectivity index (χ4v) is 1.85. The predicted molar refractivity (Wildman–Crippen MR) is 56.4 cm³/mol. The fraction of sp³-hybridized carbons (Fsp3) is 0.200. The highest BCUT2D eigenvalue weighted by Crippen LogP contribution is 2.28. The van der Waals surface area contributed by atoms with Crippen molar-refractivity contribution in [1.82, 2.24) is 0 Å². The van der Waals surface area contributed by atoms with Gasteiger partial charge in [0.1, 0.15) is 0 Å². The van der Waals surface area contributed by atoms with E-state index in [2.05, 4.69) is 6.07 Å². The van der Waals surface area contributed by atoms with Crippen LogP contribution in [0, 0.1) is 0 Å². The van der Waals surface area contributed by atoms with Crippen molar-refractivity contribution in [1.29, 1.82) is 0 Å². The van der Waals surface area contributed by atoms with Crippen molar-refractivity contribution in [2.75, 3.05) is 17.9 Å². The van der Waals surface area contributed by atoms with Gasteiger partial charge in [-0.15, -0.1) is 11.8 Å². The van der Waals surface area contributed by atoms with E-state index < -0.39 is 0 Å². The number of hydrogen-bond donors (Lipinski definition) is 1. The van der Waals surface area contributed by atoms with E-state index in [0.717, 1.165) is 11.3 Å². The third kappa shape index (κ3) is 1.57. The molecule has 2 nitrogen and oxygen atoms in total. The Labute approximate surface area is 81.8 Å². The van der Waals surface area contributed by atoms with Crippen molar-refractivity contribution in [2.45, 2.75) is 4.90 Å². The molecule has 1 aromatic carbocycles. The van der Waals surface area contributed by atoms with Crippen LogP contribution in [0.5, 0.6) is 0 Å². The average Bonchev–Trinajstić information content (AvgIpc) is 2.18. The molecule has 13 heavy (non-hydrogen) atoms. The summed E-state index contributed by atoms with van der Waals surface area (Å²) in [6.45, 7) is 0.575. The highest BCUT2D eigenvalue weighted by molar-refractivity contribution is 7.98. The van der Waals surface area contributed by atoms with Crippen LogP contribution in [0.3, 0.4) is 0 Å². The summed E-state index contributed by atoms with van der Waals surface area (Å²) >= 11 is 1.71. The molecule has 2 rings (SSSR count). The molecule has 1 aliphatic rings. The Hall–Kier alpha value is -0.930. The van der Waals surface area contributed by atoms with E-state index in [1.807, 2.05) is 30.5 Å². The molecule has 1 aliphatic heterocycles. The zero-order chi connectivity index (χ0) is 9.26. The van der Waals surface area contributed by atoms with Crippen molar-refractivity contribution < 1.29 is 5.21 Å². The molecule has 0 aromatic heterocycles. The minimum absolute atomic E-state index is 0.575. The lowest BCUT2D eigenvalue weighted by molar-refractivity contribution is 0.265. The molecule has 0 saturated heterocycles. The molecule has 0 aliphatic carbocycles. The van der Waals surface area contributed by atoms with E-state index in [-0.39, 0.29) is 0 Å². The van der Waals surface area contributed by atoms with Gasteiger partial charge >= 0.3 is 0 Å². The molecule has 0 unspecified atom stereocenters. The maximum Gasteiger partial charge on any atom is 0.0710 e. The van der Waals surface area contributed by atoms with E-state index in [0.29, 0.717) is 6.54 Å². The van der Waals surface area contributed by atoms with Crippen LogP contribution in [0.15, 0.2) is 29.2 Å². The van der Waals surface area contributed by atoms with Gasteiger partial charge in [0.05, 0.1) is 12.2 Å². The zero-order valence-corrected chi connectivity index (χ0v) is 8.21. The van der Waals surface area contributed by atoms with E-state index in [1.54, 1.807) is 11.8 Å². The predicted octanol–water partition coefficient (Wildman–Crippen LogP) is 2.63. The monoisotopic (exact) mass is 193 g/mol. The fourth-order valence-electron chi connectivity index (χ4n) is 1.41. The first-order valence-corrected chi connectivity index (χ1v) is 5.35. The minimum Gasteiger partial charge on any atom is -0.288 e. The Morgan fingerprint density at radius 3 is 3.08 bits per heavy atom. The van der Waals surface area contributed by atoms with Gasteiger partial charge in [0, 0.05) is 10.5 Å². The van der Waals surface area contributed by atoms with Gasteiger partial charge in [0.25, 0.3) is 0 Å². The minimum atomic E-state index is 0.575. The molecule has 1 heterocycles. The number of hydrogen-bond acceptors (Lipinski definition) is 3. The molecule has 0 spiro atoms. The first-order valence-electron chi connectivity index (χ1n) is 4.12. The van der Waals surface area contributed by atoms with Gasteiger partial charge in [-0.3, -0.25) is 10.3 Å². The van der Waals surface area contributed by atoms with Crippen molar-refractivity contribution in [3.8, 4) is 0 Å². The van der Waals surface area contributed by atoms with Gasteiger partial charge in [-0.2, -0.15) is 0 Å². The van der Waals surface area contributed by atoms with Gasteiger partial charge < -0.3 is 0 Å². The summed E-state index contributed by atoms with van der Waals surface area (Å²) in [7, 11) is 0. The molecule has 68 valence electrons. The van der Waals surface area contributed by atoms with Gasteiger partial charge in [-0.25, -0.2) is 0 Å². The van der Waals surface area contributed by atoms with Crippen LogP contribution < -0.4 is 5.06 Å². The highest BCUT2D eigenvalue weighted by atomic mass is 32.2. The van der Waals surface area contributed by atoms with Crippen LogP contribution in [0.2, 0.25) is 0 Å². The van der Waals surface area contributed by atoms with Crippen LogP contribution in [-0.2, 0) is 0 Å². The van der Waals surface area contributed by atoms with Crippen LogP contribution >= 0.6 is 11.8 Å². The summed E-state index contributed by atoms with van der Waals surface area (Å²) in [5.41, 5.74) is 1.97. The topological polar surface area (TPSA) is 23.5 Å². The normalized spacial score (nSPS) is 14.5. The number of hydroxylamine groups is 1. The van der Waals surface area contributed by atoms with Gasteiger partial charge in [-0.05, 0) is 24.5 Å². The maximum atomic E-state index is 9.50. The lowest BCUT2D eigenvalue weighted by atomic mass is 10.1. The molecule has 0 atom stereocenters. The highest BCUT2D eigenvalue weighted by Gasteiger charge is 2.10. The summed E-state index contributed by atoms with van der Waals surface area (Å²) in [4.78, 5) is 1.22. The Bertz CT molecular complexity index is 349. The Morgan fingerprint density at radius 1 is 1.46 bits per heavy atom. The Morgan fingerprint density at radius 2 is 2.31 bits per heavy atom. The van der Waals surface area contributed by atoms with Crippen LogP contribution in [0.4, 0.5) is 5.69 Å². The number of thioether (sulfide) groups is 1. The molecular formula is C10H11NOS. The largest absolute Gasteiger partial charge is 0.288 e. The molecule has 0 bridgehead atoms. The Balaban J connectivity index is 2.47. The van der Waals surface area contributed by atoms with Crippen LogP contribution in [0.1, 0.15) is 5.56 Å². The molecule has 0 saturated carbocycles. The molecular weight excluding hydrogens is 182 g/mol. The van der Waals surface area contributed by atoms with Crippen molar-refractivity contribution >= 4 is 23.5 Å². The van der Waals surface area contributed by atoms with Crippen molar-refractivity contribution in [2.24, 2.45) is 0 Å². The molecule has 0 amide bonds. The third-order valence-corrected chi connectivity index (χ3v) is 2.81. The second kappa shape index (κ2) is 3.44. The molecule has 1 N–H and O–H groups in total. The Kier molecular flexibility index (Phi) is 2.29. The number of anilines is 1. The summed E-state index contributed by atoms with van der Waals surface area (Å²) < 4.78 is 0. The van der Waals surface area contributed by atoms with Crippen LogP contribution in [0.25, 0.3) is 6.08 Å². The smallest absolute Gasteiger partial charge is 0.0710 e. The quantitative estimate of drug-likeness (QED) is 0.693. The van der Waals surface area contributed by atoms with Crippen molar-refractivity contribution in [3.63, 3.8) is 0 Å². The number of nitrogens with zero attached hydrogens (tertiary/aromatic N) is 1. The molecule has 0 fully saturated rings. The molecule has 1 aromatic rings.